The quantitative estimate of drug-likeness (QED) is 0.738. The summed E-state index contributed by atoms with van der Waals surface area (Å²) in [4.78, 5) is 14.2. The van der Waals surface area contributed by atoms with Crippen molar-refractivity contribution in [2.75, 3.05) is 23.7 Å². The Morgan fingerprint density at radius 2 is 2.00 bits per heavy atom. The lowest BCUT2D eigenvalue weighted by Gasteiger charge is -2.20. The summed E-state index contributed by atoms with van der Waals surface area (Å²) >= 11 is 0. The zero-order valence-corrected chi connectivity index (χ0v) is 15.2. The highest BCUT2D eigenvalue weighted by atomic mass is 19.4. The number of alkyl halides is 3. The van der Waals surface area contributed by atoms with Crippen molar-refractivity contribution in [1.29, 1.82) is 0 Å². The van der Waals surface area contributed by atoms with Crippen LogP contribution in [0.25, 0.3) is 0 Å². The van der Waals surface area contributed by atoms with Crippen molar-refractivity contribution in [1.82, 2.24) is 5.32 Å². The van der Waals surface area contributed by atoms with Crippen LogP contribution in [0.1, 0.15) is 18.4 Å². The van der Waals surface area contributed by atoms with E-state index in [2.05, 4.69) is 10.1 Å². The molecule has 1 saturated heterocycles. The molecule has 3 N–H and O–H groups in total. The second-order valence-electron chi connectivity index (χ2n) is 6.74. The molecule has 0 aliphatic carbocycles. The maximum absolute atomic E-state index is 12.4. The van der Waals surface area contributed by atoms with Crippen LogP contribution in [0.15, 0.2) is 48.5 Å². The van der Waals surface area contributed by atoms with Crippen LogP contribution in [-0.2, 0) is 11.2 Å². The zero-order chi connectivity index (χ0) is 20.1. The van der Waals surface area contributed by atoms with E-state index in [0.29, 0.717) is 37.3 Å². The molecule has 1 aliphatic rings. The van der Waals surface area contributed by atoms with Gasteiger partial charge >= 0.3 is 6.36 Å². The molecule has 3 rings (SSSR count). The van der Waals surface area contributed by atoms with Crippen LogP contribution in [0.5, 0.6) is 5.75 Å². The topological polar surface area (TPSA) is 67.6 Å². The van der Waals surface area contributed by atoms with Gasteiger partial charge in [0.15, 0.2) is 0 Å². The zero-order valence-electron chi connectivity index (χ0n) is 15.2. The van der Waals surface area contributed by atoms with Crippen molar-refractivity contribution in [3.05, 3.63) is 54.1 Å². The van der Waals surface area contributed by atoms with Gasteiger partial charge in [-0.05, 0) is 36.6 Å². The summed E-state index contributed by atoms with van der Waals surface area (Å²) in [5.41, 5.74) is 8.13. The van der Waals surface area contributed by atoms with Crippen molar-refractivity contribution in [2.24, 2.45) is 0 Å². The summed E-state index contributed by atoms with van der Waals surface area (Å²) in [5.74, 6) is -0.317. The predicted molar refractivity (Wildman–Crippen MR) is 101 cm³/mol. The van der Waals surface area contributed by atoms with E-state index in [-0.39, 0.29) is 17.7 Å². The van der Waals surface area contributed by atoms with E-state index in [1.54, 1.807) is 12.1 Å². The van der Waals surface area contributed by atoms with Gasteiger partial charge in [-0.2, -0.15) is 0 Å². The summed E-state index contributed by atoms with van der Waals surface area (Å²) < 4.78 is 41.1. The summed E-state index contributed by atoms with van der Waals surface area (Å²) in [7, 11) is 0. The van der Waals surface area contributed by atoms with E-state index >= 15 is 0 Å². The first-order chi connectivity index (χ1) is 13.3. The molecule has 150 valence electrons. The lowest BCUT2D eigenvalue weighted by Crippen LogP contribution is -2.37. The molecule has 28 heavy (non-hydrogen) atoms. The van der Waals surface area contributed by atoms with Crippen molar-refractivity contribution < 1.29 is 22.7 Å². The van der Waals surface area contributed by atoms with Gasteiger partial charge in [-0.15, -0.1) is 13.2 Å². The van der Waals surface area contributed by atoms with E-state index in [9.17, 15) is 18.0 Å². The highest BCUT2D eigenvalue weighted by Crippen LogP contribution is 2.28. The number of anilines is 2. The normalized spacial score (nSPS) is 16.8. The Bertz CT molecular complexity index is 826. The van der Waals surface area contributed by atoms with Gasteiger partial charge in [-0.1, -0.05) is 24.3 Å². The Kier molecular flexibility index (Phi) is 5.96. The number of rotatable bonds is 6. The molecule has 1 aliphatic heterocycles. The first-order valence-corrected chi connectivity index (χ1v) is 9.04. The maximum Gasteiger partial charge on any atom is 0.573 e. The SMILES string of the molecule is Nc1ccccc1CCC(=O)NC1CCN(c2cccc(OC(F)(F)F)c2)C1. The summed E-state index contributed by atoms with van der Waals surface area (Å²) in [6, 6.07) is 13.3. The fourth-order valence-corrected chi connectivity index (χ4v) is 3.30. The largest absolute Gasteiger partial charge is 0.573 e. The summed E-state index contributed by atoms with van der Waals surface area (Å²) in [6.07, 6.45) is -3.10. The van der Waals surface area contributed by atoms with Crippen molar-refractivity contribution in [3.8, 4) is 5.75 Å². The molecule has 8 heteroatoms. The van der Waals surface area contributed by atoms with E-state index in [4.69, 9.17) is 5.73 Å². The van der Waals surface area contributed by atoms with Crippen LogP contribution in [0.4, 0.5) is 24.5 Å². The van der Waals surface area contributed by atoms with Crippen molar-refractivity contribution >= 4 is 17.3 Å². The molecule has 2 aromatic rings. The van der Waals surface area contributed by atoms with Crippen LogP contribution in [-0.4, -0.2) is 31.4 Å². The fourth-order valence-electron chi connectivity index (χ4n) is 3.30. The first-order valence-electron chi connectivity index (χ1n) is 9.04. The smallest absolute Gasteiger partial charge is 0.406 e. The van der Waals surface area contributed by atoms with E-state index < -0.39 is 6.36 Å². The number of nitrogen functional groups attached to an aromatic ring is 1. The lowest BCUT2D eigenvalue weighted by molar-refractivity contribution is -0.274. The molecule has 0 radical (unpaired) electrons. The number of para-hydroxylation sites is 1. The minimum atomic E-state index is -4.72. The molecule has 2 aromatic carbocycles. The molecular formula is C20H22F3N3O2. The Morgan fingerprint density at radius 3 is 2.75 bits per heavy atom. The Balaban J connectivity index is 1.50. The number of hydrogen-bond acceptors (Lipinski definition) is 4. The number of ether oxygens (including phenoxy) is 1. The van der Waals surface area contributed by atoms with Gasteiger partial charge in [-0.25, -0.2) is 0 Å². The van der Waals surface area contributed by atoms with Gasteiger partial charge in [0.05, 0.1) is 0 Å². The van der Waals surface area contributed by atoms with Crippen LogP contribution in [0.2, 0.25) is 0 Å². The Labute approximate surface area is 161 Å². The first kappa shape index (κ1) is 19.9. The van der Waals surface area contributed by atoms with Crippen LogP contribution in [0.3, 0.4) is 0 Å². The van der Waals surface area contributed by atoms with Crippen LogP contribution < -0.4 is 20.7 Å². The number of nitrogens with one attached hydrogen (secondary N) is 1. The number of hydrogen-bond donors (Lipinski definition) is 2. The van der Waals surface area contributed by atoms with Gasteiger partial charge in [0.2, 0.25) is 5.91 Å². The molecule has 1 fully saturated rings. The Morgan fingerprint density at radius 1 is 1.21 bits per heavy atom. The number of aryl methyl sites for hydroxylation is 1. The third-order valence-electron chi connectivity index (χ3n) is 4.65. The molecule has 0 bridgehead atoms. The van der Waals surface area contributed by atoms with Crippen molar-refractivity contribution in [2.45, 2.75) is 31.7 Å². The number of nitrogens with two attached hydrogens (primary N) is 1. The monoisotopic (exact) mass is 393 g/mol. The van der Waals surface area contributed by atoms with E-state index in [0.717, 1.165) is 12.0 Å². The highest BCUT2D eigenvalue weighted by Gasteiger charge is 2.31. The van der Waals surface area contributed by atoms with E-state index in [1.165, 1.54) is 18.2 Å². The van der Waals surface area contributed by atoms with Crippen LogP contribution in [0, 0.1) is 0 Å². The second-order valence-corrected chi connectivity index (χ2v) is 6.74. The van der Waals surface area contributed by atoms with Gasteiger partial charge in [-0.3, -0.25) is 4.79 Å². The summed E-state index contributed by atoms with van der Waals surface area (Å²) in [6.45, 7) is 1.18. The number of benzene rings is 2. The Hall–Kier alpha value is -2.90. The van der Waals surface area contributed by atoms with E-state index in [1.807, 2.05) is 23.1 Å². The summed E-state index contributed by atoms with van der Waals surface area (Å²) in [5, 5.41) is 2.99. The number of carbonyl (C=O) groups excluding carboxylic acids is 1. The van der Waals surface area contributed by atoms with Gasteiger partial charge in [0, 0.05) is 43.0 Å². The second kappa shape index (κ2) is 8.41. The predicted octanol–water partition coefficient (Wildman–Crippen LogP) is 3.50. The molecule has 0 spiro atoms. The molecule has 0 saturated carbocycles. The molecule has 1 atom stereocenters. The maximum atomic E-state index is 12.4. The lowest BCUT2D eigenvalue weighted by atomic mass is 10.1. The average Bonchev–Trinajstić information content (AvgIpc) is 3.08. The minimum Gasteiger partial charge on any atom is -0.406 e. The van der Waals surface area contributed by atoms with Crippen molar-refractivity contribution in [3.63, 3.8) is 0 Å². The third kappa shape index (κ3) is 5.55. The van der Waals surface area contributed by atoms with Crippen LogP contribution >= 0.6 is 0 Å². The third-order valence-corrected chi connectivity index (χ3v) is 4.65. The fraction of sp³-hybridized carbons (Fsp3) is 0.350. The molecular weight excluding hydrogens is 371 g/mol. The molecule has 5 nitrogen and oxygen atoms in total. The molecule has 1 amide bonds. The molecule has 0 aromatic heterocycles. The highest BCUT2D eigenvalue weighted by molar-refractivity contribution is 5.77. The molecule has 1 heterocycles. The number of halogens is 3. The number of amides is 1. The number of carbonyl (C=O) groups is 1. The minimum absolute atomic E-state index is 0.0483. The van der Waals surface area contributed by atoms with Gasteiger partial charge in [0.1, 0.15) is 5.75 Å². The number of nitrogens with zero attached hydrogens (tertiary/aromatic N) is 1. The van der Waals surface area contributed by atoms with Gasteiger partial charge < -0.3 is 20.7 Å². The average molecular weight is 393 g/mol. The molecule has 1 unspecified atom stereocenters. The standard InChI is InChI=1S/C20H22F3N3O2/c21-20(22,23)28-17-6-3-5-16(12-17)26-11-10-15(13-26)25-19(27)9-8-14-4-1-2-7-18(14)24/h1-7,12,15H,8-11,13,24H2,(H,25,27). The van der Waals surface area contributed by atoms with Gasteiger partial charge in [0.25, 0.3) is 0 Å².